The minimum Gasteiger partial charge on any atom is -0.477 e. The van der Waals surface area contributed by atoms with Crippen LogP contribution in [0, 0.1) is 0 Å². The van der Waals surface area contributed by atoms with Crippen LogP contribution in [0.2, 0.25) is 0 Å². The van der Waals surface area contributed by atoms with Crippen LogP contribution in [-0.4, -0.2) is 26.6 Å². The van der Waals surface area contributed by atoms with Gasteiger partial charge in [-0.05, 0) is 60.3 Å². The number of urea groups is 1. The summed E-state index contributed by atoms with van der Waals surface area (Å²) in [6.07, 6.45) is 7.27. The number of benzene rings is 1. The van der Waals surface area contributed by atoms with Gasteiger partial charge in [-0.3, -0.25) is 0 Å². The molecule has 3 N–H and O–H groups in total. The fourth-order valence-corrected chi connectivity index (χ4v) is 5.74. The number of hydrogen-bond acceptors (Lipinski definition) is 4. The maximum absolute atomic E-state index is 13.1. The van der Waals surface area contributed by atoms with E-state index < -0.39 is 15.9 Å². The number of amides is 2. The van der Waals surface area contributed by atoms with Crippen LogP contribution < -0.4 is 15.2 Å². The van der Waals surface area contributed by atoms with Gasteiger partial charge in [0, 0.05) is 18.7 Å². The number of rotatable bonds is 2. The monoisotopic (exact) mass is 415 g/mol. The number of ether oxygens (including phenoxy) is 1. The fraction of sp³-hybridized carbons (Fsp3) is 0.500. The maximum Gasteiger partial charge on any atom is 0.354 e. The Morgan fingerprint density at radius 1 is 1.34 bits per heavy atom. The Kier molecular flexibility index (Phi) is 4.40. The number of nitrogens with one attached hydrogen (secondary N) is 1. The van der Waals surface area contributed by atoms with Crippen molar-refractivity contribution >= 4 is 21.6 Å². The topological polar surface area (TPSA) is 112 Å². The maximum atomic E-state index is 13.1. The van der Waals surface area contributed by atoms with E-state index in [0.29, 0.717) is 24.9 Å². The molecule has 0 fully saturated rings. The predicted octanol–water partition coefficient (Wildman–Crippen LogP) is 3.14. The van der Waals surface area contributed by atoms with Crippen LogP contribution in [0.25, 0.3) is 0 Å². The van der Waals surface area contributed by atoms with Crippen molar-refractivity contribution < 1.29 is 13.7 Å². The second-order valence-electron chi connectivity index (χ2n) is 8.08. The van der Waals surface area contributed by atoms with E-state index in [-0.39, 0.29) is 4.90 Å². The number of nitrogens with two attached hydrogens (primary N) is 1. The van der Waals surface area contributed by atoms with E-state index in [1.807, 2.05) is 0 Å². The lowest BCUT2D eigenvalue weighted by atomic mass is 9.96. The van der Waals surface area contributed by atoms with E-state index in [4.69, 9.17) is 9.88 Å². The number of hydrogen-bond donors (Lipinski definition) is 2. The van der Waals surface area contributed by atoms with Crippen LogP contribution >= 0.6 is 0 Å². The third kappa shape index (κ3) is 3.12. The lowest BCUT2D eigenvalue weighted by Gasteiger charge is -2.17. The van der Waals surface area contributed by atoms with Crippen molar-refractivity contribution in [1.29, 1.82) is 0 Å². The third-order valence-electron chi connectivity index (χ3n) is 6.18. The smallest absolute Gasteiger partial charge is 0.354 e. The highest BCUT2D eigenvalue weighted by molar-refractivity contribution is 7.91. The molecule has 1 aromatic carbocycles. The molecule has 0 radical (unpaired) electrons. The number of anilines is 1. The Hall–Kier alpha value is -2.39. The molecule has 0 spiro atoms. The van der Waals surface area contributed by atoms with Gasteiger partial charge in [-0.2, -0.15) is 5.10 Å². The van der Waals surface area contributed by atoms with E-state index in [9.17, 15) is 9.00 Å². The van der Waals surface area contributed by atoms with Crippen LogP contribution in [0.3, 0.4) is 0 Å². The highest BCUT2D eigenvalue weighted by atomic mass is 32.2. The molecule has 2 atom stereocenters. The molecule has 1 aromatic heterocycles. The Morgan fingerprint density at radius 3 is 3.07 bits per heavy atom. The molecule has 9 heteroatoms. The number of aromatic nitrogens is 2. The van der Waals surface area contributed by atoms with Gasteiger partial charge in [0.25, 0.3) is 0 Å². The molecule has 154 valence electrons. The lowest BCUT2D eigenvalue weighted by molar-refractivity contribution is 0.224. The van der Waals surface area contributed by atoms with Gasteiger partial charge in [-0.1, -0.05) is 13.0 Å². The minimum absolute atomic E-state index is 0.171. The minimum atomic E-state index is -3.46. The molecule has 0 saturated heterocycles. The summed E-state index contributed by atoms with van der Waals surface area (Å²) in [5.41, 5.74) is 5.86. The van der Waals surface area contributed by atoms with Crippen molar-refractivity contribution in [2.75, 3.05) is 11.9 Å². The number of carbonyl (C=O) groups excluding carboxylic acids is 1. The van der Waals surface area contributed by atoms with E-state index in [1.54, 1.807) is 4.68 Å². The number of aryl methyl sites for hydroxylation is 2. The SMILES string of the molecule is C[C@@H]1CCc2c1cc1c(c2NC(=O)N=S(N)(=O)c2cnn3c2OCCC3)CCC1. The molecule has 8 nitrogen and oxygen atoms in total. The predicted molar refractivity (Wildman–Crippen MR) is 110 cm³/mol. The van der Waals surface area contributed by atoms with E-state index in [1.165, 1.54) is 28.5 Å². The standard InChI is InChI=1S/C20H25N5O3S/c1-12-6-7-15-16(12)10-13-4-2-5-14(13)18(15)23-20(26)24-29(21,27)17-11-22-25-8-3-9-28-19(17)25/h10-12H,2-9H2,1H3,(H3,21,23,24,26,27)/t12-,29?/m1/s1. The first-order valence-corrected chi connectivity index (χ1v) is 11.7. The van der Waals surface area contributed by atoms with Crippen molar-refractivity contribution in [3.63, 3.8) is 0 Å². The zero-order valence-corrected chi connectivity index (χ0v) is 17.3. The van der Waals surface area contributed by atoms with E-state index in [2.05, 4.69) is 27.8 Å². The van der Waals surface area contributed by atoms with Gasteiger partial charge in [-0.15, -0.1) is 4.36 Å². The second-order valence-corrected chi connectivity index (χ2v) is 9.84. The van der Waals surface area contributed by atoms with Gasteiger partial charge in [0.1, 0.15) is 4.90 Å². The van der Waals surface area contributed by atoms with Gasteiger partial charge in [-0.25, -0.2) is 18.8 Å². The summed E-state index contributed by atoms with van der Waals surface area (Å²) < 4.78 is 24.1. The van der Waals surface area contributed by atoms with E-state index in [0.717, 1.165) is 44.2 Å². The lowest BCUT2D eigenvalue weighted by Crippen LogP contribution is -2.21. The summed E-state index contributed by atoms with van der Waals surface area (Å²) in [5.74, 6) is 0.828. The van der Waals surface area contributed by atoms with Crippen molar-refractivity contribution in [3.05, 3.63) is 34.5 Å². The highest BCUT2D eigenvalue weighted by Crippen LogP contribution is 2.43. The average molecular weight is 416 g/mol. The van der Waals surface area contributed by atoms with Gasteiger partial charge in [0.2, 0.25) is 5.88 Å². The molecule has 2 amide bonds. The van der Waals surface area contributed by atoms with Crippen LogP contribution in [0.15, 0.2) is 21.5 Å². The Balaban J connectivity index is 1.50. The quantitative estimate of drug-likeness (QED) is 0.785. The fourth-order valence-electron chi connectivity index (χ4n) is 4.74. The molecule has 29 heavy (non-hydrogen) atoms. The molecule has 0 saturated carbocycles. The molecule has 2 heterocycles. The summed E-state index contributed by atoms with van der Waals surface area (Å²) >= 11 is 0. The van der Waals surface area contributed by atoms with Crippen molar-refractivity contribution in [1.82, 2.24) is 9.78 Å². The summed E-state index contributed by atoms with van der Waals surface area (Å²) in [5, 5.41) is 13.1. The number of fused-ring (bicyclic) bond motifs is 3. The first kappa shape index (κ1) is 18.6. The van der Waals surface area contributed by atoms with Crippen molar-refractivity contribution in [2.45, 2.75) is 62.8 Å². The number of nitrogens with zero attached hydrogens (tertiary/aromatic N) is 3. The normalized spacial score (nSPS) is 21.5. The summed E-state index contributed by atoms with van der Waals surface area (Å²) in [6, 6.07) is 1.63. The average Bonchev–Trinajstić information content (AvgIpc) is 3.40. The zero-order chi connectivity index (χ0) is 20.2. The second kappa shape index (κ2) is 6.84. The molecular weight excluding hydrogens is 390 g/mol. The summed E-state index contributed by atoms with van der Waals surface area (Å²) in [4.78, 5) is 12.9. The molecule has 0 bridgehead atoms. The van der Waals surface area contributed by atoms with Gasteiger partial charge in [0.15, 0.2) is 9.92 Å². The Morgan fingerprint density at radius 2 is 2.21 bits per heavy atom. The zero-order valence-electron chi connectivity index (χ0n) is 16.4. The Labute approximate surface area is 170 Å². The van der Waals surface area contributed by atoms with Crippen molar-refractivity contribution in [3.8, 4) is 5.88 Å². The first-order chi connectivity index (χ1) is 13.9. The van der Waals surface area contributed by atoms with Gasteiger partial charge < -0.3 is 10.1 Å². The molecule has 2 aliphatic carbocycles. The molecule has 3 aliphatic rings. The molecule has 1 unspecified atom stereocenters. The third-order valence-corrected chi connectivity index (χ3v) is 7.53. The van der Waals surface area contributed by atoms with Crippen LogP contribution in [0.5, 0.6) is 5.88 Å². The highest BCUT2D eigenvalue weighted by Gasteiger charge is 2.29. The molecule has 5 rings (SSSR count). The number of carbonyl (C=O) groups is 1. The summed E-state index contributed by atoms with van der Waals surface area (Å²) in [6.45, 7) is 3.39. The molecule has 2 aromatic rings. The Bertz CT molecular complexity index is 1130. The van der Waals surface area contributed by atoms with Gasteiger partial charge >= 0.3 is 6.03 Å². The molecular formula is C20H25N5O3S. The first-order valence-electron chi connectivity index (χ1n) is 10.2. The van der Waals surface area contributed by atoms with Crippen LogP contribution in [0.4, 0.5) is 10.5 Å². The van der Waals surface area contributed by atoms with Crippen LogP contribution in [0.1, 0.15) is 54.4 Å². The summed E-state index contributed by atoms with van der Waals surface area (Å²) in [7, 11) is -3.46. The largest absolute Gasteiger partial charge is 0.477 e. The van der Waals surface area contributed by atoms with Crippen molar-refractivity contribution in [2.24, 2.45) is 9.50 Å². The van der Waals surface area contributed by atoms with E-state index >= 15 is 0 Å². The van der Waals surface area contributed by atoms with Gasteiger partial charge in [0.05, 0.1) is 12.8 Å². The molecule has 1 aliphatic heterocycles. The van der Waals surface area contributed by atoms with Crippen LogP contribution in [-0.2, 0) is 35.7 Å².